The predicted molar refractivity (Wildman–Crippen MR) is 59.0 cm³/mol. The smallest absolute Gasteiger partial charge is 0.307 e. The Morgan fingerprint density at radius 1 is 1.56 bits per heavy atom. The molecule has 1 aromatic carbocycles. The van der Waals surface area contributed by atoms with Gasteiger partial charge in [0.1, 0.15) is 5.75 Å². The molecule has 2 aliphatic rings. The third-order valence-corrected chi connectivity index (χ3v) is 3.89. The average Bonchev–Trinajstić information content (AvgIpc) is 2.93. The molecule has 4 heteroatoms. The van der Waals surface area contributed by atoms with E-state index in [-0.39, 0.29) is 11.3 Å². The number of ether oxygens (including phenoxy) is 1. The van der Waals surface area contributed by atoms with Gasteiger partial charge in [0, 0.05) is 16.0 Å². The number of carboxylic acids is 1. The summed E-state index contributed by atoms with van der Waals surface area (Å²) in [5.74, 6) is -0.207. The second kappa shape index (κ2) is 3.14. The molecule has 3 nitrogen and oxygen atoms in total. The monoisotopic (exact) mass is 238 g/mol. The van der Waals surface area contributed by atoms with Crippen LogP contribution in [0.2, 0.25) is 5.02 Å². The first-order chi connectivity index (χ1) is 7.63. The Hall–Kier alpha value is -1.22. The van der Waals surface area contributed by atoms with Crippen LogP contribution in [-0.2, 0) is 10.2 Å². The first kappa shape index (κ1) is 9.97. The molecule has 1 heterocycles. The van der Waals surface area contributed by atoms with Gasteiger partial charge in [-0.2, -0.15) is 0 Å². The maximum atomic E-state index is 11.0. The Morgan fingerprint density at radius 3 is 3.06 bits per heavy atom. The van der Waals surface area contributed by atoms with Crippen molar-refractivity contribution in [2.24, 2.45) is 5.92 Å². The minimum Gasteiger partial charge on any atom is -0.493 e. The van der Waals surface area contributed by atoms with Gasteiger partial charge < -0.3 is 9.84 Å². The van der Waals surface area contributed by atoms with Gasteiger partial charge in [0.2, 0.25) is 0 Å². The molecule has 16 heavy (non-hydrogen) atoms. The van der Waals surface area contributed by atoms with Crippen molar-refractivity contribution in [1.82, 2.24) is 0 Å². The van der Waals surface area contributed by atoms with Crippen LogP contribution in [0.4, 0.5) is 0 Å². The molecule has 1 spiro atoms. The molecule has 0 saturated heterocycles. The number of rotatable bonds is 1. The van der Waals surface area contributed by atoms with Crippen LogP contribution in [0, 0.1) is 5.92 Å². The first-order valence-corrected chi connectivity index (χ1v) is 5.67. The minimum absolute atomic E-state index is 0.190. The van der Waals surface area contributed by atoms with Crippen molar-refractivity contribution in [2.75, 3.05) is 6.61 Å². The molecule has 1 aliphatic carbocycles. The molecule has 1 aromatic rings. The van der Waals surface area contributed by atoms with E-state index in [0.29, 0.717) is 11.6 Å². The lowest BCUT2D eigenvalue weighted by Gasteiger charge is -2.26. The van der Waals surface area contributed by atoms with Gasteiger partial charge in [0.15, 0.2) is 0 Å². The van der Waals surface area contributed by atoms with Crippen LogP contribution in [0.5, 0.6) is 5.75 Å². The van der Waals surface area contributed by atoms with Crippen LogP contribution in [0.1, 0.15) is 18.4 Å². The molecule has 0 radical (unpaired) electrons. The first-order valence-electron chi connectivity index (χ1n) is 5.29. The summed E-state index contributed by atoms with van der Waals surface area (Å²) < 4.78 is 5.53. The maximum absolute atomic E-state index is 11.0. The highest BCUT2D eigenvalue weighted by Gasteiger charge is 2.61. The van der Waals surface area contributed by atoms with Crippen LogP contribution in [-0.4, -0.2) is 17.7 Å². The fourth-order valence-corrected chi connectivity index (χ4v) is 2.87. The van der Waals surface area contributed by atoms with Gasteiger partial charge in [0.05, 0.1) is 12.5 Å². The van der Waals surface area contributed by atoms with Crippen molar-refractivity contribution in [2.45, 2.75) is 18.3 Å². The summed E-state index contributed by atoms with van der Waals surface area (Å²) in [6.07, 6.45) is 1.51. The number of aliphatic carboxylic acids is 1. The third-order valence-electron chi connectivity index (χ3n) is 3.66. The van der Waals surface area contributed by atoms with Gasteiger partial charge in [-0.15, -0.1) is 0 Å². The Morgan fingerprint density at radius 2 is 2.38 bits per heavy atom. The van der Waals surface area contributed by atoms with Gasteiger partial charge in [-0.05, 0) is 25.0 Å². The van der Waals surface area contributed by atoms with Crippen LogP contribution >= 0.6 is 11.6 Å². The van der Waals surface area contributed by atoms with E-state index in [4.69, 9.17) is 21.4 Å². The van der Waals surface area contributed by atoms with E-state index in [1.54, 1.807) is 12.1 Å². The van der Waals surface area contributed by atoms with Crippen LogP contribution in [0.15, 0.2) is 18.2 Å². The zero-order valence-corrected chi connectivity index (χ0v) is 9.33. The van der Waals surface area contributed by atoms with E-state index in [0.717, 1.165) is 24.2 Å². The summed E-state index contributed by atoms with van der Waals surface area (Å²) in [4.78, 5) is 11.0. The van der Waals surface area contributed by atoms with E-state index in [9.17, 15) is 4.79 Å². The van der Waals surface area contributed by atoms with E-state index >= 15 is 0 Å². The van der Waals surface area contributed by atoms with Crippen molar-refractivity contribution in [3.63, 3.8) is 0 Å². The zero-order chi connectivity index (χ0) is 11.3. The molecule has 0 aromatic heterocycles. The fraction of sp³-hybridized carbons (Fsp3) is 0.417. The fourth-order valence-electron chi connectivity index (χ4n) is 2.71. The zero-order valence-electron chi connectivity index (χ0n) is 8.57. The molecule has 1 N–H and O–H groups in total. The molecule has 1 fully saturated rings. The van der Waals surface area contributed by atoms with E-state index < -0.39 is 5.97 Å². The summed E-state index contributed by atoms with van der Waals surface area (Å²) in [5.41, 5.74) is 0.819. The van der Waals surface area contributed by atoms with Gasteiger partial charge >= 0.3 is 5.97 Å². The molecular formula is C12H11ClO3. The lowest BCUT2D eigenvalue weighted by molar-refractivity contribution is -0.139. The standard InChI is InChI=1S/C12H11ClO3/c13-7-1-2-8-10(5-7)16-4-3-12(8)6-9(12)11(14)15/h1-2,5,9H,3-4,6H2,(H,14,15). The van der Waals surface area contributed by atoms with Gasteiger partial charge in [-0.3, -0.25) is 4.79 Å². The molecule has 1 saturated carbocycles. The molecule has 0 bridgehead atoms. The second-order valence-corrected chi connectivity index (χ2v) is 4.93. The normalized spacial score (nSPS) is 30.7. The molecule has 1 aliphatic heterocycles. The number of hydrogen-bond donors (Lipinski definition) is 1. The highest BCUT2D eigenvalue weighted by atomic mass is 35.5. The Kier molecular flexibility index (Phi) is 1.96. The van der Waals surface area contributed by atoms with Crippen LogP contribution < -0.4 is 4.74 Å². The number of carboxylic acid groups (broad SMARTS) is 1. The van der Waals surface area contributed by atoms with Crippen molar-refractivity contribution < 1.29 is 14.6 Å². The molecular weight excluding hydrogens is 228 g/mol. The highest BCUT2D eigenvalue weighted by Crippen LogP contribution is 2.60. The summed E-state index contributed by atoms with van der Waals surface area (Å²) in [7, 11) is 0. The molecule has 2 atom stereocenters. The Labute approximate surface area is 98.0 Å². The van der Waals surface area contributed by atoms with E-state index in [1.165, 1.54) is 0 Å². The number of fused-ring (bicyclic) bond motifs is 2. The second-order valence-electron chi connectivity index (χ2n) is 4.49. The van der Waals surface area contributed by atoms with Crippen molar-refractivity contribution in [1.29, 1.82) is 0 Å². The van der Waals surface area contributed by atoms with Gasteiger partial charge in [-0.1, -0.05) is 17.7 Å². The number of carbonyl (C=O) groups is 1. The number of halogens is 1. The largest absolute Gasteiger partial charge is 0.493 e. The predicted octanol–water partition coefficient (Wildman–Crippen LogP) is 2.46. The lowest BCUT2D eigenvalue weighted by Crippen LogP contribution is -2.24. The molecule has 3 rings (SSSR count). The number of benzene rings is 1. The van der Waals surface area contributed by atoms with Crippen LogP contribution in [0.3, 0.4) is 0 Å². The minimum atomic E-state index is -0.706. The van der Waals surface area contributed by atoms with Crippen molar-refractivity contribution in [3.05, 3.63) is 28.8 Å². The van der Waals surface area contributed by atoms with E-state index in [1.807, 2.05) is 6.07 Å². The average molecular weight is 239 g/mol. The quantitative estimate of drug-likeness (QED) is 0.818. The molecule has 0 amide bonds. The Bertz CT molecular complexity index is 471. The topological polar surface area (TPSA) is 46.5 Å². The summed E-state index contributed by atoms with van der Waals surface area (Å²) >= 11 is 5.89. The maximum Gasteiger partial charge on any atom is 0.307 e. The SMILES string of the molecule is O=C(O)C1CC12CCOc1cc(Cl)ccc12. The van der Waals surface area contributed by atoms with Gasteiger partial charge in [-0.25, -0.2) is 0 Å². The molecule has 2 unspecified atom stereocenters. The lowest BCUT2D eigenvalue weighted by atomic mass is 9.87. The molecule has 84 valence electrons. The van der Waals surface area contributed by atoms with Gasteiger partial charge in [0.25, 0.3) is 0 Å². The summed E-state index contributed by atoms with van der Waals surface area (Å²) in [6, 6.07) is 5.48. The summed E-state index contributed by atoms with van der Waals surface area (Å²) in [5, 5.41) is 9.71. The highest BCUT2D eigenvalue weighted by molar-refractivity contribution is 6.30. The van der Waals surface area contributed by atoms with Crippen molar-refractivity contribution in [3.8, 4) is 5.75 Å². The van der Waals surface area contributed by atoms with E-state index in [2.05, 4.69) is 0 Å². The summed E-state index contributed by atoms with van der Waals surface area (Å²) in [6.45, 7) is 0.580. The third kappa shape index (κ3) is 1.24. The van der Waals surface area contributed by atoms with Crippen LogP contribution in [0.25, 0.3) is 0 Å². The Balaban J connectivity index is 2.05. The number of hydrogen-bond acceptors (Lipinski definition) is 2. The van der Waals surface area contributed by atoms with Crippen molar-refractivity contribution >= 4 is 17.6 Å².